The molecule has 0 aliphatic carbocycles. The lowest BCUT2D eigenvalue weighted by Crippen LogP contribution is -2.26. The maximum atomic E-state index is 5.98. The summed E-state index contributed by atoms with van der Waals surface area (Å²) in [7, 11) is 3.90. The second-order valence-electron chi connectivity index (χ2n) is 4.46. The molecule has 0 bridgehead atoms. The fourth-order valence-corrected chi connectivity index (χ4v) is 1.68. The predicted molar refractivity (Wildman–Crippen MR) is 67.7 cm³/mol. The number of aromatic nitrogens is 3. The summed E-state index contributed by atoms with van der Waals surface area (Å²) in [5.41, 5.74) is 7.68. The predicted octanol–water partition coefficient (Wildman–Crippen LogP) is 1.00. The van der Waals surface area contributed by atoms with E-state index in [-0.39, 0.29) is 6.04 Å². The Morgan fingerprint density at radius 3 is 2.89 bits per heavy atom. The second-order valence-corrected chi connectivity index (χ2v) is 4.46. The molecule has 6 nitrogen and oxygen atoms in total. The normalized spacial score (nSPS) is 12.9. The van der Waals surface area contributed by atoms with Crippen LogP contribution in [0.15, 0.2) is 22.9 Å². The van der Waals surface area contributed by atoms with Gasteiger partial charge in [0.25, 0.3) is 5.89 Å². The number of aryl methyl sites for hydroxylation is 1. The Morgan fingerprint density at radius 1 is 1.44 bits per heavy atom. The zero-order valence-electron chi connectivity index (χ0n) is 10.8. The first-order valence-electron chi connectivity index (χ1n) is 5.74. The van der Waals surface area contributed by atoms with Gasteiger partial charge in [-0.05, 0) is 33.2 Å². The average molecular weight is 247 g/mol. The van der Waals surface area contributed by atoms with Crippen molar-refractivity contribution in [3.8, 4) is 11.5 Å². The molecule has 0 spiro atoms. The topological polar surface area (TPSA) is 81.1 Å². The van der Waals surface area contributed by atoms with E-state index in [1.54, 1.807) is 6.20 Å². The number of hydrogen-bond donors (Lipinski definition) is 1. The van der Waals surface area contributed by atoms with Crippen LogP contribution in [0.1, 0.15) is 17.6 Å². The molecule has 0 amide bonds. The number of pyridine rings is 1. The molecule has 2 aromatic rings. The second kappa shape index (κ2) is 5.24. The van der Waals surface area contributed by atoms with Crippen LogP contribution in [0.4, 0.5) is 0 Å². The van der Waals surface area contributed by atoms with Gasteiger partial charge in [0.2, 0.25) is 0 Å². The standard InChI is InChI=1S/C12H17N5O/c1-8-9(5-4-6-14-8)12-15-11(16-18-12)10(13)7-17(2)3/h4-6,10H,7,13H2,1-3H3. The number of likely N-dealkylation sites (N-methyl/N-ethyl adjacent to an activating group) is 1. The highest BCUT2D eigenvalue weighted by atomic mass is 16.5. The minimum absolute atomic E-state index is 0.255. The monoisotopic (exact) mass is 247 g/mol. The molecular weight excluding hydrogens is 230 g/mol. The van der Waals surface area contributed by atoms with Gasteiger partial charge in [-0.15, -0.1) is 0 Å². The minimum Gasteiger partial charge on any atom is -0.334 e. The van der Waals surface area contributed by atoms with Crippen molar-refractivity contribution >= 4 is 0 Å². The summed E-state index contributed by atoms with van der Waals surface area (Å²) in [5.74, 6) is 0.978. The van der Waals surface area contributed by atoms with Crippen molar-refractivity contribution in [2.24, 2.45) is 5.73 Å². The van der Waals surface area contributed by atoms with E-state index in [2.05, 4.69) is 15.1 Å². The first-order chi connectivity index (χ1) is 8.58. The minimum atomic E-state index is -0.255. The Morgan fingerprint density at radius 2 is 2.22 bits per heavy atom. The fourth-order valence-electron chi connectivity index (χ4n) is 1.68. The first-order valence-corrected chi connectivity index (χ1v) is 5.74. The number of nitrogens with zero attached hydrogens (tertiary/aromatic N) is 4. The summed E-state index contributed by atoms with van der Waals surface area (Å²) in [6.07, 6.45) is 1.73. The van der Waals surface area contributed by atoms with Gasteiger partial charge < -0.3 is 15.2 Å². The lowest BCUT2D eigenvalue weighted by atomic mass is 10.2. The molecule has 0 aliphatic heterocycles. The van der Waals surface area contributed by atoms with Gasteiger partial charge in [0, 0.05) is 18.4 Å². The highest BCUT2D eigenvalue weighted by molar-refractivity contribution is 5.55. The first kappa shape index (κ1) is 12.7. The Bertz CT molecular complexity index is 523. The van der Waals surface area contributed by atoms with E-state index in [0.29, 0.717) is 18.3 Å². The molecule has 6 heteroatoms. The van der Waals surface area contributed by atoms with E-state index in [1.807, 2.05) is 38.1 Å². The third kappa shape index (κ3) is 2.72. The van der Waals surface area contributed by atoms with Gasteiger partial charge in [0.1, 0.15) is 0 Å². The van der Waals surface area contributed by atoms with Crippen LogP contribution in [0, 0.1) is 6.92 Å². The number of nitrogens with two attached hydrogens (primary N) is 1. The van der Waals surface area contributed by atoms with E-state index < -0.39 is 0 Å². The van der Waals surface area contributed by atoms with E-state index in [0.717, 1.165) is 11.3 Å². The van der Waals surface area contributed by atoms with Crippen molar-refractivity contribution in [2.45, 2.75) is 13.0 Å². The molecule has 0 aliphatic rings. The molecule has 96 valence electrons. The summed E-state index contributed by atoms with van der Waals surface area (Å²) >= 11 is 0. The lowest BCUT2D eigenvalue weighted by Gasteiger charge is -2.12. The van der Waals surface area contributed by atoms with Crippen molar-refractivity contribution in [3.63, 3.8) is 0 Å². The van der Waals surface area contributed by atoms with Crippen LogP contribution in [0.2, 0.25) is 0 Å². The van der Waals surface area contributed by atoms with Gasteiger partial charge in [-0.1, -0.05) is 5.16 Å². The van der Waals surface area contributed by atoms with Crippen LogP contribution in [0.5, 0.6) is 0 Å². The van der Waals surface area contributed by atoms with Gasteiger partial charge in [-0.2, -0.15) is 4.98 Å². The zero-order valence-corrected chi connectivity index (χ0v) is 10.8. The van der Waals surface area contributed by atoms with Crippen LogP contribution >= 0.6 is 0 Å². The summed E-state index contributed by atoms with van der Waals surface area (Å²) < 4.78 is 5.23. The third-order valence-corrected chi connectivity index (χ3v) is 2.57. The molecule has 2 aromatic heterocycles. The molecule has 18 heavy (non-hydrogen) atoms. The molecule has 0 radical (unpaired) electrons. The molecule has 1 unspecified atom stereocenters. The van der Waals surface area contributed by atoms with Crippen molar-refractivity contribution in [1.82, 2.24) is 20.0 Å². The SMILES string of the molecule is Cc1ncccc1-c1nc(C(N)CN(C)C)no1. The van der Waals surface area contributed by atoms with Crippen LogP contribution in [-0.4, -0.2) is 40.7 Å². The fraction of sp³-hybridized carbons (Fsp3) is 0.417. The Balaban J connectivity index is 2.23. The van der Waals surface area contributed by atoms with Gasteiger partial charge in [-0.3, -0.25) is 4.98 Å². The number of hydrogen-bond acceptors (Lipinski definition) is 6. The largest absolute Gasteiger partial charge is 0.334 e. The quantitative estimate of drug-likeness (QED) is 0.868. The molecule has 2 N–H and O–H groups in total. The highest BCUT2D eigenvalue weighted by Crippen LogP contribution is 2.20. The summed E-state index contributed by atoms with van der Waals surface area (Å²) in [4.78, 5) is 10.5. The van der Waals surface area contributed by atoms with E-state index >= 15 is 0 Å². The highest BCUT2D eigenvalue weighted by Gasteiger charge is 2.17. The smallest absolute Gasteiger partial charge is 0.259 e. The number of rotatable bonds is 4. The average Bonchev–Trinajstić information content (AvgIpc) is 2.78. The zero-order chi connectivity index (χ0) is 13.1. The molecule has 0 saturated carbocycles. The van der Waals surface area contributed by atoms with Crippen molar-refractivity contribution in [3.05, 3.63) is 29.8 Å². The molecule has 0 saturated heterocycles. The van der Waals surface area contributed by atoms with Gasteiger partial charge in [0.05, 0.1) is 11.6 Å². The Labute approximate surface area is 106 Å². The van der Waals surface area contributed by atoms with Crippen molar-refractivity contribution in [1.29, 1.82) is 0 Å². The maximum absolute atomic E-state index is 5.98. The Hall–Kier alpha value is -1.79. The third-order valence-electron chi connectivity index (χ3n) is 2.57. The van der Waals surface area contributed by atoms with E-state index in [9.17, 15) is 0 Å². The van der Waals surface area contributed by atoms with Crippen LogP contribution < -0.4 is 5.73 Å². The lowest BCUT2D eigenvalue weighted by molar-refractivity contribution is 0.357. The molecule has 0 aromatic carbocycles. The van der Waals surface area contributed by atoms with Crippen molar-refractivity contribution < 1.29 is 4.52 Å². The van der Waals surface area contributed by atoms with Crippen LogP contribution in [-0.2, 0) is 0 Å². The van der Waals surface area contributed by atoms with Gasteiger partial charge in [0.15, 0.2) is 5.82 Å². The molecule has 1 atom stereocenters. The molecular formula is C12H17N5O. The van der Waals surface area contributed by atoms with Crippen LogP contribution in [0.3, 0.4) is 0 Å². The van der Waals surface area contributed by atoms with Gasteiger partial charge >= 0.3 is 0 Å². The molecule has 2 heterocycles. The van der Waals surface area contributed by atoms with Gasteiger partial charge in [-0.25, -0.2) is 0 Å². The summed E-state index contributed by atoms with van der Waals surface area (Å²) in [5, 5.41) is 3.92. The maximum Gasteiger partial charge on any atom is 0.259 e. The van der Waals surface area contributed by atoms with E-state index in [1.165, 1.54) is 0 Å². The molecule has 0 fully saturated rings. The van der Waals surface area contributed by atoms with Crippen LogP contribution in [0.25, 0.3) is 11.5 Å². The summed E-state index contributed by atoms with van der Waals surface area (Å²) in [6.45, 7) is 2.57. The van der Waals surface area contributed by atoms with Crippen molar-refractivity contribution in [2.75, 3.05) is 20.6 Å². The summed E-state index contributed by atoms with van der Waals surface area (Å²) in [6, 6.07) is 3.48. The Kier molecular flexibility index (Phi) is 3.69. The van der Waals surface area contributed by atoms with E-state index in [4.69, 9.17) is 10.3 Å². The molecule has 2 rings (SSSR count).